The van der Waals surface area contributed by atoms with E-state index in [1.54, 1.807) is 30.3 Å². The Kier molecular flexibility index (Phi) is 10.5. The predicted molar refractivity (Wildman–Crippen MR) is 159 cm³/mol. The lowest BCUT2D eigenvalue weighted by Gasteiger charge is -2.35. The molecule has 2 amide bonds. The molecule has 0 aliphatic rings. The third kappa shape index (κ3) is 9.31. The number of amides is 2. The van der Waals surface area contributed by atoms with Crippen LogP contribution in [0.3, 0.4) is 0 Å². The molecule has 1 atom stereocenters. The molecular weight excluding hydrogens is 545 g/mol. The molecule has 0 radical (unpaired) electrons. The highest BCUT2D eigenvalue weighted by Gasteiger charge is 2.34. The topological polar surface area (TPSA) is 96.0 Å². The Morgan fingerprint density at radius 1 is 0.951 bits per heavy atom. The van der Waals surface area contributed by atoms with Gasteiger partial charge in [0.2, 0.25) is 21.8 Å². The van der Waals surface area contributed by atoms with Crippen LogP contribution in [0.5, 0.6) is 5.75 Å². The standard InChI is InChI=1S/C31H38FN3O5S/c1-6-40-26-18-16-25(17-19-26)35(41(5,38)39)22-29(36)34(21-24-14-10-11-15-27(24)32)28(30(37)33-31(2,3)4)20-23-12-8-7-9-13-23/h7-19,28H,6,20-22H2,1-5H3,(H,33,37)/t28-/m0/s1. The van der Waals surface area contributed by atoms with Gasteiger partial charge in [-0.2, -0.15) is 0 Å². The van der Waals surface area contributed by atoms with E-state index >= 15 is 0 Å². The largest absolute Gasteiger partial charge is 0.494 e. The molecule has 0 aromatic heterocycles. The minimum Gasteiger partial charge on any atom is -0.494 e. The quantitative estimate of drug-likeness (QED) is 0.338. The van der Waals surface area contributed by atoms with Crippen molar-refractivity contribution in [2.45, 2.75) is 52.2 Å². The maximum Gasteiger partial charge on any atom is 0.244 e. The summed E-state index contributed by atoms with van der Waals surface area (Å²) in [5.74, 6) is -1.07. The van der Waals surface area contributed by atoms with Gasteiger partial charge in [0.15, 0.2) is 0 Å². The molecule has 3 aromatic carbocycles. The van der Waals surface area contributed by atoms with Crippen LogP contribution < -0.4 is 14.4 Å². The van der Waals surface area contributed by atoms with Crippen molar-refractivity contribution in [3.63, 3.8) is 0 Å². The van der Waals surface area contributed by atoms with Crippen LogP contribution in [-0.2, 0) is 32.6 Å². The zero-order valence-electron chi connectivity index (χ0n) is 24.1. The molecule has 41 heavy (non-hydrogen) atoms. The first-order chi connectivity index (χ1) is 19.3. The molecule has 10 heteroatoms. The number of benzene rings is 3. The normalized spacial score (nSPS) is 12.3. The summed E-state index contributed by atoms with van der Waals surface area (Å²) in [6, 6.07) is 20.5. The molecule has 0 saturated heterocycles. The highest BCUT2D eigenvalue weighted by Crippen LogP contribution is 2.24. The number of hydrogen-bond acceptors (Lipinski definition) is 5. The fourth-order valence-corrected chi connectivity index (χ4v) is 5.16. The second-order valence-electron chi connectivity index (χ2n) is 10.8. The van der Waals surface area contributed by atoms with Crippen LogP contribution >= 0.6 is 0 Å². The van der Waals surface area contributed by atoms with E-state index in [1.165, 1.54) is 23.1 Å². The number of rotatable bonds is 12. The van der Waals surface area contributed by atoms with Gasteiger partial charge in [0.05, 0.1) is 18.6 Å². The van der Waals surface area contributed by atoms with Gasteiger partial charge in [-0.1, -0.05) is 48.5 Å². The minimum atomic E-state index is -3.92. The zero-order chi connectivity index (χ0) is 30.2. The molecule has 0 spiro atoms. The molecule has 0 aliphatic carbocycles. The van der Waals surface area contributed by atoms with Crippen LogP contribution in [0.1, 0.15) is 38.8 Å². The average Bonchev–Trinajstić information content (AvgIpc) is 2.90. The smallest absolute Gasteiger partial charge is 0.244 e. The van der Waals surface area contributed by atoms with Crippen molar-refractivity contribution in [2.75, 3.05) is 23.7 Å². The monoisotopic (exact) mass is 583 g/mol. The molecule has 0 aliphatic heterocycles. The summed E-state index contributed by atoms with van der Waals surface area (Å²) < 4.78 is 47.0. The summed E-state index contributed by atoms with van der Waals surface area (Å²) in [6.07, 6.45) is 1.15. The zero-order valence-corrected chi connectivity index (χ0v) is 24.9. The van der Waals surface area contributed by atoms with Crippen molar-refractivity contribution in [3.8, 4) is 5.75 Å². The highest BCUT2D eigenvalue weighted by molar-refractivity contribution is 7.92. The van der Waals surface area contributed by atoms with Crippen LogP contribution in [0.25, 0.3) is 0 Å². The maximum atomic E-state index is 14.8. The lowest BCUT2D eigenvalue weighted by Crippen LogP contribution is -2.56. The Hall–Kier alpha value is -3.92. The van der Waals surface area contributed by atoms with Gasteiger partial charge in [-0.15, -0.1) is 0 Å². The van der Waals surface area contributed by atoms with E-state index in [2.05, 4.69) is 5.32 Å². The van der Waals surface area contributed by atoms with Gasteiger partial charge in [0.1, 0.15) is 24.2 Å². The number of halogens is 1. The minimum absolute atomic E-state index is 0.144. The molecule has 0 saturated carbocycles. The van der Waals surface area contributed by atoms with Gasteiger partial charge < -0.3 is 15.0 Å². The van der Waals surface area contributed by atoms with E-state index in [9.17, 15) is 22.4 Å². The molecule has 0 bridgehead atoms. The fourth-order valence-electron chi connectivity index (χ4n) is 4.31. The maximum absolute atomic E-state index is 14.8. The molecule has 3 aromatic rings. The number of hydrogen-bond donors (Lipinski definition) is 1. The van der Waals surface area contributed by atoms with E-state index in [0.29, 0.717) is 12.4 Å². The number of nitrogens with zero attached hydrogens (tertiary/aromatic N) is 2. The Morgan fingerprint density at radius 3 is 2.12 bits per heavy atom. The van der Waals surface area contributed by atoms with Crippen molar-refractivity contribution in [1.29, 1.82) is 0 Å². The second kappa shape index (κ2) is 13.6. The van der Waals surface area contributed by atoms with Crippen LogP contribution in [0.4, 0.5) is 10.1 Å². The highest BCUT2D eigenvalue weighted by atomic mass is 32.2. The summed E-state index contributed by atoms with van der Waals surface area (Å²) in [5, 5.41) is 2.94. The van der Waals surface area contributed by atoms with E-state index < -0.39 is 45.8 Å². The predicted octanol–water partition coefficient (Wildman–Crippen LogP) is 4.55. The Morgan fingerprint density at radius 2 is 1.56 bits per heavy atom. The van der Waals surface area contributed by atoms with E-state index in [-0.39, 0.29) is 24.2 Å². The van der Waals surface area contributed by atoms with Gasteiger partial charge in [-0.05, 0) is 63.6 Å². The number of carbonyl (C=O) groups is 2. The first kappa shape index (κ1) is 31.6. The summed E-state index contributed by atoms with van der Waals surface area (Å²) in [4.78, 5) is 29.0. The summed E-state index contributed by atoms with van der Waals surface area (Å²) in [5.41, 5.74) is 0.641. The molecule has 220 valence electrons. The van der Waals surface area contributed by atoms with Gasteiger partial charge >= 0.3 is 0 Å². The summed E-state index contributed by atoms with van der Waals surface area (Å²) >= 11 is 0. The van der Waals surface area contributed by atoms with Crippen molar-refractivity contribution in [3.05, 3.63) is 95.8 Å². The first-order valence-electron chi connectivity index (χ1n) is 13.4. The molecule has 8 nitrogen and oxygen atoms in total. The Balaban J connectivity index is 2.06. The lowest BCUT2D eigenvalue weighted by molar-refractivity contribution is -0.140. The number of anilines is 1. The Labute approximate surface area is 242 Å². The summed E-state index contributed by atoms with van der Waals surface area (Å²) in [7, 11) is -3.92. The van der Waals surface area contributed by atoms with Gasteiger partial charge in [0.25, 0.3) is 0 Å². The second-order valence-corrected chi connectivity index (χ2v) is 12.7. The first-order valence-corrected chi connectivity index (χ1v) is 15.2. The van der Waals surface area contributed by atoms with Crippen molar-refractivity contribution in [1.82, 2.24) is 10.2 Å². The van der Waals surface area contributed by atoms with Crippen molar-refractivity contribution < 1.29 is 27.1 Å². The van der Waals surface area contributed by atoms with Crippen molar-refractivity contribution in [2.24, 2.45) is 0 Å². The molecule has 0 unspecified atom stereocenters. The van der Waals surface area contributed by atoms with E-state index in [1.807, 2.05) is 58.0 Å². The van der Waals surface area contributed by atoms with Gasteiger partial charge in [0, 0.05) is 24.1 Å². The number of ether oxygens (including phenoxy) is 1. The van der Waals surface area contributed by atoms with E-state index in [4.69, 9.17) is 4.74 Å². The third-order valence-electron chi connectivity index (χ3n) is 6.18. The molecule has 3 rings (SSSR count). The lowest BCUT2D eigenvalue weighted by atomic mass is 10.0. The van der Waals surface area contributed by atoms with Crippen LogP contribution in [-0.4, -0.2) is 56.1 Å². The van der Waals surface area contributed by atoms with Crippen LogP contribution in [0.15, 0.2) is 78.9 Å². The summed E-state index contributed by atoms with van der Waals surface area (Å²) in [6.45, 7) is 6.93. The SMILES string of the molecule is CCOc1ccc(N(CC(=O)N(Cc2ccccc2F)[C@@H](Cc2ccccc2)C(=O)NC(C)(C)C)S(C)(=O)=O)cc1. The fraction of sp³-hybridized carbons (Fsp3) is 0.355. The van der Waals surface area contributed by atoms with E-state index in [0.717, 1.165) is 16.1 Å². The average molecular weight is 584 g/mol. The molecule has 0 heterocycles. The van der Waals surface area contributed by atoms with Gasteiger partial charge in [-0.25, -0.2) is 12.8 Å². The van der Waals surface area contributed by atoms with Gasteiger partial charge in [-0.3, -0.25) is 13.9 Å². The number of sulfonamides is 1. The molecule has 1 N–H and O–H groups in total. The number of nitrogens with one attached hydrogen (secondary N) is 1. The third-order valence-corrected chi connectivity index (χ3v) is 7.32. The van der Waals surface area contributed by atoms with Crippen LogP contribution in [0, 0.1) is 5.82 Å². The van der Waals surface area contributed by atoms with Crippen molar-refractivity contribution >= 4 is 27.5 Å². The molecule has 0 fully saturated rings. The van der Waals surface area contributed by atoms with Crippen LogP contribution in [0.2, 0.25) is 0 Å². The molecular formula is C31H38FN3O5S. The Bertz CT molecular complexity index is 1420. The number of carbonyl (C=O) groups excluding carboxylic acids is 2.